The molecular formula is C24H25N3O3. The number of Topliss-reactive ketones (excluding diaryl/α,β-unsaturated/α-hetero) is 1. The van der Waals surface area contributed by atoms with E-state index < -0.39 is 5.92 Å². The van der Waals surface area contributed by atoms with Gasteiger partial charge in [0.15, 0.2) is 5.78 Å². The Kier molecular flexibility index (Phi) is 5.40. The lowest BCUT2D eigenvalue weighted by Gasteiger charge is -2.23. The first kappa shape index (κ1) is 19.9. The number of benzene rings is 2. The number of amides is 1. The van der Waals surface area contributed by atoms with Crippen LogP contribution in [0.5, 0.6) is 5.75 Å². The summed E-state index contributed by atoms with van der Waals surface area (Å²) in [5.74, 6) is 0.472. The zero-order valence-corrected chi connectivity index (χ0v) is 17.4. The highest BCUT2D eigenvalue weighted by Gasteiger charge is 2.36. The van der Waals surface area contributed by atoms with Crippen LogP contribution in [0.4, 0.5) is 5.82 Å². The molecule has 0 saturated carbocycles. The maximum atomic E-state index is 13.3. The SMILES string of the molecule is CCOc1ccc(C(=O)[C@@H]2CC(=O)Nc3c2c(C)nn3-c2ccc(CC)cc2)cc1. The molecule has 0 spiro atoms. The molecule has 0 bridgehead atoms. The Morgan fingerprint density at radius 2 is 1.83 bits per heavy atom. The molecule has 154 valence electrons. The minimum atomic E-state index is -0.560. The van der Waals surface area contributed by atoms with Gasteiger partial charge in [0, 0.05) is 17.5 Å². The molecular weight excluding hydrogens is 378 g/mol. The van der Waals surface area contributed by atoms with Gasteiger partial charge in [-0.1, -0.05) is 19.1 Å². The lowest BCUT2D eigenvalue weighted by molar-refractivity contribution is -0.116. The van der Waals surface area contributed by atoms with Crippen LogP contribution in [0.25, 0.3) is 5.69 Å². The van der Waals surface area contributed by atoms with Crippen LogP contribution in [0.2, 0.25) is 0 Å². The predicted octanol–water partition coefficient (Wildman–Crippen LogP) is 4.45. The van der Waals surface area contributed by atoms with Crippen LogP contribution < -0.4 is 10.1 Å². The number of ether oxygens (including phenoxy) is 1. The summed E-state index contributed by atoms with van der Waals surface area (Å²) in [4.78, 5) is 25.8. The van der Waals surface area contributed by atoms with Crippen molar-refractivity contribution in [2.45, 2.75) is 39.5 Å². The number of aryl methyl sites for hydroxylation is 2. The van der Waals surface area contributed by atoms with E-state index in [4.69, 9.17) is 4.74 Å². The van der Waals surface area contributed by atoms with E-state index in [-0.39, 0.29) is 18.1 Å². The van der Waals surface area contributed by atoms with E-state index in [1.54, 1.807) is 28.9 Å². The van der Waals surface area contributed by atoms with E-state index in [0.717, 1.165) is 29.1 Å². The van der Waals surface area contributed by atoms with Crippen molar-refractivity contribution in [3.05, 3.63) is 70.9 Å². The zero-order valence-electron chi connectivity index (χ0n) is 17.4. The Morgan fingerprint density at radius 3 is 2.47 bits per heavy atom. The van der Waals surface area contributed by atoms with E-state index in [1.807, 2.05) is 38.1 Å². The molecule has 0 radical (unpaired) electrons. The highest BCUT2D eigenvalue weighted by Crippen LogP contribution is 2.38. The first-order valence-corrected chi connectivity index (χ1v) is 10.3. The van der Waals surface area contributed by atoms with E-state index in [0.29, 0.717) is 18.0 Å². The molecule has 0 saturated heterocycles. The molecule has 1 aromatic heterocycles. The standard InChI is InChI=1S/C24H25N3O3/c1-4-16-6-10-18(11-7-16)27-24-22(15(3)26-27)20(14-21(28)25-24)23(29)17-8-12-19(13-9-17)30-5-2/h6-13,20H,4-5,14H2,1-3H3,(H,25,28)/t20-/m1/s1. The number of anilines is 1. The molecule has 3 aromatic rings. The second-order valence-corrected chi connectivity index (χ2v) is 7.41. The second-order valence-electron chi connectivity index (χ2n) is 7.41. The zero-order chi connectivity index (χ0) is 21.3. The minimum Gasteiger partial charge on any atom is -0.494 e. The maximum absolute atomic E-state index is 13.3. The number of fused-ring (bicyclic) bond motifs is 1. The van der Waals surface area contributed by atoms with Gasteiger partial charge in [0.2, 0.25) is 5.91 Å². The maximum Gasteiger partial charge on any atom is 0.226 e. The summed E-state index contributed by atoms with van der Waals surface area (Å²) in [6.45, 7) is 6.46. The highest BCUT2D eigenvalue weighted by molar-refractivity contribution is 6.08. The van der Waals surface area contributed by atoms with Gasteiger partial charge < -0.3 is 10.1 Å². The molecule has 2 aromatic carbocycles. The molecule has 1 N–H and O–H groups in total. The molecule has 4 rings (SSSR count). The van der Waals surface area contributed by atoms with Crippen molar-refractivity contribution >= 4 is 17.5 Å². The fourth-order valence-corrected chi connectivity index (χ4v) is 3.91. The lowest BCUT2D eigenvalue weighted by atomic mass is 9.85. The first-order valence-electron chi connectivity index (χ1n) is 10.3. The summed E-state index contributed by atoms with van der Waals surface area (Å²) in [7, 11) is 0. The van der Waals surface area contributed by atoms with Crippen molar-refractivity contribution in [3.8, 4) is 11.4 Å². The predicted molar refractivity (Wildman–Crippen MR) is 116 cm³/mol. The molecule has 1 aliphatic heterocycles. The van der Waals surface area contributed by atoms with Crippen molar-refractivity contribution in [1.29, 1.82) is 0 Å². The molecule has 1 amide bonds. The Hall–Kier alpha value is -3.41. The van der Waals surface area contributed by atoms with E-state index in [1.165, 1.54) is 5.56 Å². The van der Waals surface area contributed by atoms with Crippen molar-refractivity contribution in [2.75, 3.05) is 11.9 Å². The second kappa shape index (κ2) is 8.14. The summed E-state index contributed by atoms with van der Waals surface area (Å²) in [5.41, 5.74) is 4.17. The van der Waals surface area contributed by atoms with E-state index in [9.17, 15) is 9.59 Å². The van der Waals surface area contributed by atoms with Crippen LogP contribution in [0.1, 0.15) is 53.4 Å². The average Bonchev–Trinajstić information content (AvgIpc) is 3.09. The van der Waals surface area contributed by atoms with Crippen molar-refractivity contribution < 1.29 is 14.3 Å². The van der Waals surface area contributed by atoms with Crippen LogP contribution in [-0.2, 0) is 11.2 Å². The molecule has 0 unspecified atom stereocenters. The number of carbonyl (C=O) groups excluding carboxylic acids is 2. The molecule has 2 heterocycles. The third-order valence-corrected chi connectivity index (χ3v) is 5.46. The number of aromatic nitrogens is 2. The summed E-state index contributed by atoms with van der Waals surface area (Å²) in [5, 5.41) is 7.57. The number of nitrogens with zero attached hydrogens (tertiary/aromatic N) is 2. The Bertz CT molecular complexity index is 1080. The van der Waals surface area contributed by atoms with Gasteiger partial charge >= 0.3 is 0 Å². The largest absolute Gasteiger partial charge is 0.494 e. The fourth-order valence-electron chi connectivity index (χ4n) is 3.91. The third kappa shape index (κ3) is 3.61. The topological polar surface area (TPSA) is 73.2 Å². The third-order valence-electron chi connectivity index (χ3n) is 5.46. The quantitative estimate of drug-likeness (QED) is 0.617. The Morgan fingerprint density at radius 1 is 1.13 bits per heavy atom. The van der Waals surface area contributed by atoms with Gasteiger partial charge in [-0.05, 0) is 62.2 Å². The molecule has 6 heteroatoms. The molecule has 30 heavy (non-hydrogen) atoms. The first-order chi connectivity index (χ1) is 14.5. The van der Waals surface area contributed by atoms with Gasteiger partial charge in [0.1, 0.15) is 11.6 Å². The fraction of sp³-hybridized carbons (Fsp3) is 0.292. The summed E-state index contributed by atoms with van der Waals surface area (Å²) < 4.78 is 7.18. The lowest BCUT2D eigenvalue weighted by Crippen LogP contribution is -2.28. The summed E-state index contributed by atoms with van der Waals surface area (Å²) >= 11 is 0. The van der Waals surface area contributed by atoms with Crippen LogP contribution in [0, 0.1) is 6.92 Å². The number of hydrogen-bond acceptors (Lipinski definition) is 4. The average molecular weight is 403 g/mol. The molecule has 0 aliphatic carbocycles. The van der Waals surface area contributed by atoms with Crippen LogP contribution >= 0.6 is 0 Å². The monoisotopic (exact) mass is 403 g/mol. The molecule has 0 fully saturated rings. The molecule has 1 aliphatic rings. The Balaban J connectivity index is 1.72. The molecule has 1 atom stereocenters. The van der Waals surface area contributed by atoms with Gasteiger partial charge in [0.05, 0.1) is 23.9 Å². The van der Waals surface area contributed by atoms with Gasteiger partial charge in [-0.25, -0.2) is 4.68 Å². The number of nitrogens with one attached hydrogen (secondary N) is 1. The van der Waals surface area contributed by atoms with E-state index in [2.05, 4.69) is 17.3 Å². The molecule has 6 nitrogen and oxygen atoms in total. The summed E-state index contributed by atoms with van der Waals surface area (Å²) in [6, 6.07) is 15.1. The van der Waals surface area contributed by atoms with Gasteiger partial charge in [-0.15, -0.1) is 0 Å². The van der Waals surface area contributed by atoms with Gasteiger partial charge in [-0.3, -0.25) is 9.59 Å². The summed E-state index contributed by atoms with van der Waals surface area (Å²) in [6.07, 6.45) is 1.06. The Labute approximate surface area is 175 Å². The van der Waals surface area contributed by atoms with Crippen molar-refractivity contribution in [2.24, 2.45) is 0 Å². The smallest absolute Gasteiger partial charge is 0.226 e. The number of carbonyl (C=O) groups is 2. The van der Waals surface area contributed by atoms with Gasteiger partial charge in [0.25, 0.3) is 0 Å². The van der Waals surface area contributed by atoms with Crippen molar-refractivity contribution in [3.63, 3.8) is 0 Å². The normalized spacial score (nSPS) is 15.4. The minimum absolute atomic E-state index is 0.0851. The number of ketones is 1. The number of hydrogen-bond donors (Lipinski definition) is 1. The van der Waals surface area contributed by atoms with Crippen LogP contribution in [0.3, 0.4) is 0 Å². The van der Waals surface area contributed by atoms with Crippen LogP contribution in [-0.4, -0.2) is 28.1 Å². The number of rotatable bonds is 6. The van der Waals surface area contributed by atoms with E-state index >= 15 is 0 Å². The van der Waals surface area contributed by atoms with Gasteiger partial charge in [-0.2, -0.15) is 5.10 Å². The van der Waals surface area contributed by atoms with Crippen LogP contribution in [0.15, 0.2) is 48.5 Å². The van der Waals surface area contributed by atoms with Crippen molar-refractivity contribution in [1.82, 2.24) is 9.78 Å². The highest BCUT2D eigenvalue weighted by atomic mass is 16.5.